The maximum Gasteiger partial charge on any atom is 0.410 e. The molecule has 3 rings (SSSR count). The van der Waals surface area contributed by atoms with Crippen molar-refractivity contribution in [1.82, 2.24) is 14.8 Å². The summed E-state index contributed by atoms with van der Waals surface area (Å²) in [4.78, 5) is 30.9. The van der Waals surface area contributed by atoms with E-state index in [9.17, 15) is 9.59 Å². The average molecular weight is 305 g/mol. The van der Waals surface area contributed by atoms with Gasteiger partial charge in [0.05, 0.1) is 13.1 Å². The number of ether oxygens (including phenoxy) is 2. The van der Waals surface area contributed by atoms with Crippen molar-refractivity contribution in [1.29, 1.82) is 0 Å². The molecule has 1 aromatic rings. The molecule has 22 heavy (non-hydrogen) atoms. The van der Waals surface area contributed by atoms with E-state index in [1.165, 1.54) is 4.90 Å². The number of pyridine rings is 1. The summed E-state index contributed by atoms with van der Waals surface area (Å²) in [6.45, 7) is 4.04. The van der Waals surface area contributed by atoms with Gasteiger partial charge < -0.3 is 14.4 Å². The third kappa shape index (κ3) is 3.29. The van der Waals surface area contributed by atoms with Crippen molar-refractivity contribution in [2.24, 2.45) is 0 Å². The fourth-order valence-electron chi connectivity index (χ4n) is 2.58. The molecule has 7 nitrogen and oxygen atoms in total. The summed E-state index contributed by atoms with van der Waals surface area (Å²) in [6.07, 6.45) is 2.06. The van der Waals surface area contributed by atoms with Gasteiger partial charge in [-0.25, -0.2) is 9.78 Å². The second-order valence-electron chi connectivity index (χ2n) is 5.58. The highest BCUT2D eigenvalue weighted by molar-refractivity contribution is 5.83. The molecule has 1 atom stereocenters. The predicted octanol–water partition coefficient (Wildman–Crippen LogP) is 0.822. The normalized spacial score (nSPS) is 21.1. The van der Waals surface area contributed by atoms with Crippen molar-refractivity contribution >= 4 is 12.0 Å². The quantitative estimate of drug-likeness (QED) is 0.823. The Hall–Kier alpha value is -2.31. The molecule has 2 aliphatic rings. The summed E-state index contributed by atoms with van der Waals surface area (Å²) < 4.78 is 10.6. The predicted molar refractivity (Wildman–Crippen MR) is 77.5 cm³/mol. The lowest BCUT2D eigenvalue weighted by Crippen LogP contribution is -2.40. The second kappa shape index (κ2) is 6.21. The lowest BCUT2D eigenvalue weighted by Gasteiger charge is -2.19. The summed E-state index contributed by atoms with van der Waals surface area (Å²) in [7, 11) is 0. The standard InChI is InChI=1S/C15H19N3O4/c1-11-2-3-13(16-8-11)22-12-4-5-17(9-12)14(19)10-18-6-7-21-15(18)20/h2-3,8,12H,4-7,9-10H2,1H3. The molecule has 0 N–H and O–H groups in total. The van der Waals surface area contributed by atoms with Crippen LogP contribution in [-0.2, 0) is 9.53 Å². The van der Waals surface area contributed by atoms with Crippen LogP contribution in [0.3, 0.4) is 0 Å². The van der Waals surface area contributed by atoms with E-state index in [4.69, 9.17) is 9.47 Å². The molecule has 0 spiro atoms. The SMILES string of the molecule is Cc1ccc(OC2CCN(C(=O)CN3CCOC3=O)C2)nc1. The van der Waals surface area contributed by atoms with Crippen molar-refractivity contribution in [3.8, 4) is 5.88 Å². The molecule has 118 valence electrons. The third-order valence-corrected chi connectivity index (χ3v) is 3.84. The first-order chi connectivity index (χ1) is 10.6. The van der Waals surface area contributed by atoms with Crippen LogP contribution in [0.4, 0.5) is 4.79 Å². The Morgan fingerprint density at radius 1 is 1.45 bits per heavy atom. The van der Waals surface area contributed by atoms with Crippen LogP contribution >= 0.6 is 0 Å². The number of carbonyl (C=O) groups excluding carboxylic acids is 2. The molecule has 2 saturated heterocycles. The number of hydrogen-bond acceptors (Lipinski definition) is 5. The lowest BCUT2D eigenvalue weighted by molar-refractivity contribution is -0.130. The van der Waals surface area contributed by atoms with Gasteiger partial charge in [-0.05, 0) is 12.5 Å². The van der Waals surface area contributed by atoms with Crippen LogP contribution < -0.4 is 4.74 Å². The molecule has 2 aliphatic heterocycles. The summed E-state index contributed by atoms with van der Waals surface area (Å²) in [5.41, 5.74) is 1.08. The van der Waals surface area contributed by atoms with Crippen LogP contribution in [0.15, 0.2) is 18.3 Å². The molecule has 0 bridgehead atoms. The molecule has 1 aromatic heterocycles. The van der Waals surface area contributed by atoms with Gasteiger partial charge in [0.25, 0.3) is 0 Å². The van der Waals surface area contributed by atoms with Crippen molar-refractivity contribution in [2.75, 3.05) is 32.8 Å². The minimum atomic E-state index is -0.413. The van der Waals surface area contributed by atoms with E-state index in [1.54, 1.807) is 11.1 Å². The van der Waals surface area contributed by atoms with Crippen LogP contribution in [0, 0.1) is 6.92 Å². The lowest BCUT2D eigenvalue weighted by atomic mass is 10.3. The smallest absolute Gasteiger partial charge is 0.410 e. The second-order valence-corrected chi connectivity index (χ2v) is 5.58. The molecular weight excluding hydrogens is 286 g/mol. The van der Waals surface area contributed by atoms with E-state index in [0.29, 0.717) is 32.1 Å². The molecule has 2 amide bonds. The van der Waals surface area contributed by atoms with Gasteiger partial charge in [-0.2, -0.15) is 0 Å². The minimum Gasteiger partial charge on any atom is -0.472 e. The van der Waals surface area contributed by atoms with Crippen LogP contribution in [0.2, 0.25) is 0 Å². The van der Waals surface area contributed by atoms with Crippen molar-refractivity contribution in [3.05, 3.63) is 23.9 Å². The number of carbonyl (C=O) groups is 2. The van der Waals surface area contributed by atoms with E-state index < -0.39 is 6.09 Å². The summed E-state index contributed by atoms with van der Waals surface area (Å²) in [6, 6.07) is 3.78. The Morgan fingerprint density at radius 2 is 2.32 bits per heavy atom. The van der Waals surface area contributed by atoms with Crippen molar-refractivity contribution in [3.63, 3.8) is 0 Å². The summed E-state index contributed by atoms with van der Waals surface area (Å²) >= 11 is 0. The molecule has 1 unspecified atom stereocenters. The van der Waals surface area contributed by atoms with Gasteiger partial charge in [0.1, 0.15) is 19.3 Å². The molecule has 0 aromatic carbocycles. The van der Waals surface area contributed by atoms with Gasteiger partial charge in [0, 0.05) is 25.2 Å². The largest absolute Gasteiger partial charge is 0.472 e. The van der Waals surface area contributed by atoms with E-state index >= 15 is 0 Å². The zero-order valence-corrected chi connectivity index (χ0v) is 12.5. The van der Waals surface area contributed by atoms with E-state index in [0.717, 1.165) is 12.0 Å². The maximum absolute atomic E-state index is 12.2. The average Bonchev–Trinajstić information content (AvgIpc) is 3.12. The zero-order valence-electron chi connectivity index (χ0n) is 12.5. The van der Waals surface area contributed by atoms with Crippen molar-refractivity contribution < 1.29 is 19.1 Å². The van der Waals surface area contributed by atoms with Crippen LogP contribution in [-0.4, -0.2) is 65.7 Å². The van der Waals surface area contributed by atoms with Gasteiger partial charge in [-0.15, -0.1) is 0 Å². The molecule has 7 heteroatoms. The fourth-order valence-corrected chi connectivity index (χ4v) is 2.58. The third-order valence-electron chi connectivity index (χ3n) is 3.84. The maximum atomic E-state index is 12.2. The van der Waals surface area contributed by atoms with Crippen LogP contribution in [0.25, 0.3) is 0 Å². The highest BCUT2D eigenvalue weighted by atomic mass is 16.6. The van der Waals surface area contributed by atoms with Crippen LogP contribution in [0.1, 0.15) is 12.0 Å². The highest BCUT2D eigenvalue weighted by Crippen LogP contribution is 2.17. The van der Waals surface area contributed by atoms with Gasteiger partial charge >= 0.3 is 6.09 Å². The van der Waals surface area contributed by atoms with Gasteiger partial charge in [-0.1, -0.05) is 6.07 Å². The number of aryl methyl sites for hydroxylation is 1. The number of hydrogen-bond donors (Lipinski definition) is 0. The summed E-state index contributed by atoms with van der Waals surface area (Å²) in [5, 5.41) is 0. The number of likely N-dealkylation sites (tertiary alicyclic amines) is 1. The Labute approximate surface area is 128 Å². The first kappa shape index (κ1) is 14.6. The highest BCUT2D eigenvalue weighted by Gasteiger charge is 2.31. The van der Waals surface area contributed by atoms with Crippen LogP contribution in [0.5, 0.6) is 5.88 Å². The van der Waals surface area contributed by atoms with Gasteiger partial charge in [-0.3, -0.25) is 9.69 Å². The molecular formula is C15H19N3O4. The Kier molecular flexibility index (Phi) is 4.13. The first-order valence-electron chi connectivity index (χ1n) is 7.40. The Morgan fingerprint density at radius 3 is 3.00 bits per heavy atom. The van der Waals surface area contributed by atoms with Gasteiger partial charge in [0.2, 0.25) is 11.8 Å². The monoisotopic (exact) mass is 305 g/mol. The first-order valence-corrected chi connectivity index (χ1v) is 7.40. The number of nitrogens with zero attached hydrogens (tertiary/aromatic N) is 3. The zero-order chi connectivity index (χ0) is 15.5. The molecule has 0 radical (unpaired) electrons. The fraction of sp³-hybridized carbons (Fsp3) is 0.533. The molecule has 3 heterocycles. The molecule has 0 aliphatic carbocycles. The summed E-state index contributed by atoms with van der Waals surface area (Å²) in [5.74, 6) is 0.509. The van der Waals surface area contributed by atoms with E-state index in [1.807, 2.05) is 19.1 Å². The Balaban J connectivity index is 1.50. The number of amides is 2. The molecule has 0 saturated carbocycles. The van der Waals surface area contributed by atoms with Gasteiger partial charge in [0.15, 0.2) is 0 Å². The molecule has 2 fully saturated rings. The van der Waals surface area contributed by atoms with E-state index in [-0.39, 0.29) is 18.6 Å². The number of rotatable bonds is 4. The number of cyclic esters (lactones) is 1. The van der Waals surface area contributed by atoms with E-state index in [2.05, 4.69) is 4.98 Å². The number of aromatic nitrogens is 1. The minimum absolute atomic E-state index is 0.0512. The van der Waals surface area contributed by atoms with Crippen molar-refractivity contribution in [2.45, 2.75) is 19.4 Å². The topological polar surface area (TPSA) is 72.0 Å². The Bertz CT molecular complexity index is 560.